The van der Waals surface area contributed by atoms with Crippen molar-refractivity contribution in [3.63, 3.8) is 0 Å². The summed E-state index contributed by atoms with van der Waals surface area (Å²) in [6.07, 6.45) is 0. The molecule has 0 radical (unpaired) electrons. The molecule has 3 heterocycles. The maximum absolute atomic E-state index is 11.4. The van der Waals surface area contributed by atoms with Crippen LogP contribution in [0.5, 0.6) is 0 Å². The van der Waals surface area contributed by atoms with Gasteiger partial charge in [-0.05, 0) is 24.4 Å². The van der Waals surface area contributed by atoms with Gasteiger partial charge >= 0.3 is 0 Å². The van der Waals surface area contributed by atoms with Gasteiger partial charge < -0.3 is 20.0 Å². The molecule has 0 saturated carbocycles. The highest BCUT2D eigenvalue weighted by atomic mass is 32.1. The molecule has 2 aliphatic rings. The first kappa shape index (κ1) is 19.9. The molecule has 3 rings (SSSR count). The Hall–Kier alpha value is -1.80. The summed E-state index contributed by atoms with van der Waals surface area (Å²) in [5, 5.41) is 6.95. The summed E-state index contributed by atoms with van der Waals surface area (Å²) in [6, 6.07) is 4.32. The van der Waals surface area contributed by atoms with Gasteiger partial charge in [0.2, 0.25) is 5.91 Å². The van der Waals surface area contributed by atoms with Gasteiger partial charge in [-0.3, -0.25) is 14.7 Å². The second-order valence-corrected chi connectivity index (χ2v) is 7.93. The molecule has 1 N–H and O–H groups in total. The summed E-state index contributed by atoms with van der Waals surface area (Å²) in [5.74, 6) is 1.22. The third-order valence-electron chi connectivity index (χ3n) is 5.23. The molecule has 0 aromatic carbocycles. The Morgan fingerprint density at radius 3 is 2.41 bits per heavy atom. The number of piperazine rings is 2. The molecule has 2 fully saturated rings. The second-order valence-electron chi connectivity index (χ2n) is 7.01. The van der Waals surface area contributed by atoms with Crippen LogP contribution in [0.25, 0.3) is 0 Å². The lowest BCUT2D eigenvalue weighted by atomic mass is 10.3. The van der Waals surface area contributed by atoms with Crippen LogP contribution >= 0.6 is 11.3 Å². The number of rotatable bonds is 5. The summed E-state index contributed by atoms with van der Waals surface area (Å²) in [7, 11) is 0. The molecule has 8 heteroatoms. The van der Waals surface area contributed by atoms with E-state index >= 15 is 0 Å². The van der Waals surface area contributed by atoms with E-state index in [9.17, 15) is 4.79 Å². The lowest BCUT2D eigenvalue weighted by molar-refractivity contribution is -0.130. The maximum Gasteiger partial charge on any atom is 0.219 e. The van der Waals surface area contributed by atoms with Crippen molar-refractivity contribution in [3.8, 4) is 0 Å². The number of aliphatic imine (C=N–C) groups is 1. The molecule has 27 heavy (non-hydrogen) atoms. The van der Waals surface area contributed by atoms with Crippen LogP contribution in [0.4, 0.5) is 5.00 Å². The Bertz CT molecular complexity index is 604. The number of guanidine groups is 1. The highest BCUT2D eigenvalue weighted by Crippen LogP contribution is 2.22. The minimum Gasteiger partial charge on any atom is -0.360 e. The van der Waals surface area contributed by atoms with Crippen LogP contribution in [0.1, 0.15) is 13.8 Å². The van der Waals surface area contributed by atoms with E-state index in [1.807, 2.05) is 16.2 Å². The molecule has 0 aliphatic carbocycles. The summed E-state index contributed by atoms with van der Waals surface area (Å²) < 4.78 is 0. The Morgan fingerprint density at radius 1 is 1.11 bits per heavy atom. The number of nitrogens with zero attached hydrogens (tertiary/aromatic N) is 5. The zero-order chi connectivity index (χ0) is 19.1. The van der Waals surface area contributed by atoms with Crippen molar-refractivity contribution in [1.82, 2.24) is 20.0 Å². The zero-order valence-electron chi connectivity index (χ0n) is 16.6. The van der Waals surface area contributed by atoms with Crippen molar-refractivity contribution in [2.24, 2.45) is 4.99 Å². The molecule has 1 aromatic heterocycles. The predicted octanol–water partition coefficient (Wildman–Crippen LogP) is 1.000. The van der Waals surface area contributed by atoms with E-state index < -0.39 is 0 Å². The van der Waals surface area contributed by atoms with Gasteiger partial charge in [-0.15, -0.1) is 11.3 Å². The third kappa shape index (κ3) is 5.59. The van der Waals surface area contributed by atoms with Gasteiger partial charge in [0.05, 0.1) is 11.5 Å². The van der Waals surface area contributed by atoms with Crippen LogP contribution in [0.15, 0.2) is 22.5 Å². The van der Waals surface area contributed by atoms with Crippen molar-refractivity contribution in [2.75, 3.05) is 76.9 Å². The molecule has 1 amide bonds. The van der Waals surface area contributed by atoms with E-state index in [2.05, 4.69) is 44.5 Å². The molecule has 2 aliphatic heterocycles. The number of carbonyl (C=O) groups excluding carboxylic acids is 1. The monoisotopic (exact) mass is 392 g/mol. The largest absolute Gasteiger partial charge is 0.360 e. The van der Waals surface area contributed by atoms with Gasteiger partial charge in [0.1, 0.15) is 0 Å². The average Bonchev–Trinajstić information content (AvgIpc) is 3.23. The minimum absolute atomic E-state index is 0.184. The fourth-order valence-electron chi connectivity index (χ4n) is 3.60. The van der Waals surface area contributed by atoms with Crippen molar-refractivity contribution < 1.29 is 4.79 Å². The van der Waals surface area contributed by atoms with Crippen LogP contribution in [0, 0.1) is 0 Å². The van der Waals surface area contributed by atoms with Gasteiger partial charge in [0, 0.05) is 72.4 Å². The maximum atomic E-state index is 11.4. The van der Waals surface area contributed by atoms with Gasteiger partial charge in [-0.2, -0.15) is 0 Å². The number of hydrogen-bond acceptors (Lipinski definition) is 5. The van der Waals surface area contributed by atoms with E-state index in [0.29, 0.717) is 0 Å². The summed E-state index contributed by atoms with van der Waals surface area (Å²) in [4.78, 5) is 25.5. The SMILES string of the molecule is CCNC(=NCCN1CCN(C(C)=O)CC1)N1CCN(c2cccs2)CC1. The van der Waals surface area contributed by atoms with Gasteiger partial charge in [-0.25, -0.2) is 0 Å². The quantitative estimate of drug-likeness (QED) is 0.599. The van der Waals surface area contributed by atoms with Gasteiger partial charge in [-0.1, -0.05) is 0 Å². The fraction of sp³-hybridized carbons (Fsp3) is 0.684. The molecule has 0 unspecified atom stereocenters. The molecule has 0 atom stereocenters. The van der Waals surface area contributed by atoms with Crippen LogP contribution in [-0.2, 0) is 4.79 Å². The lowest BCUT2D eigenvalue weighted by Gasteiger charge is -2.37. The van der Waals surface area contributed by atoms with Crippen LogP contribution in [0.3, 0.4) is 0 Å². The van der Waals surface area contributed by atoms with Crippen LogP contribution in [0.2, 0.25) is 0 Å². The summed E-state index contributed by atoms with van der Waals surface area (Å²) in [6.45, 7) is 14.1. The van der Waals surface area contributed by atoms with Gasteiger partial charge in [0.25, 0.3) is 0 Å². The zero-order valence-corrected chi connectivity index (χ0v) is 17.4. The van der Waals surface area contributed by atoms with Crippen molar-refractivity contribution in [3.05, 3.63) is 17.5 Å². The summed E-state index contributed by atoms with van der Waals surface area (Å²) in [5.41, 5.74) is 0. The highest BCUT2D eigenvalue weighted by molar-refractivity contribution is 7.14. The minimum atomic E-state index is 0.184. The first-order chi connectivity index (χ1) is 13.2. The smallest absolute Gasteiger partial charge is 0.219 e. The van der Waals surface area contributed by atoms with Gasteiger partial charge in [0.15, 0.2) is 5.96 Å². The molecular formula is C19H32N6OS. The molecule has 0 spiro atoms. The standard InChI is InChI=1S/C19H32N6OS/c1-3-20-19(21-6-7-22-8-10-23(11-9-22)17(2)26)25-14-12-24(13-15-25)18-5-4-16-27-18/h4-5,16H,3,6-15H2,1-2H3,(H,20,21). The fourth-order valence-corrected chi connectivity index (χ4v) is 4.38. The van der Waals surface area contributed by atoms with E-state index in [-0.39, 0.29) is 5.91 Å². The van der Waals surface area contributed by atoms with E-state index in [0.717, 1.165) is 78.0 Å². The Kier molecular flexibility index (Phi) is 7.34. The Balaban J connectivity index is 1.45. The molecule has 0 bridgehead atoms. The van der Waals surface area contributed by atoms with E-state index in [4.69, 9.17) is 4.99 Å². The Morgan fingerprint density at radius 2 is 1.81 bits per heavy atom. The first-order valence-electron chi connectivity index (χ1n) is 9.97. The van der Waals surface area contributed by atoms with E-state index in [1.54, 1.807) is 6.92 Å². The number of carbonyl (C=O) groups is 1. The third-order valence-corrected chi connectivity index (χ3v) is 6.16. The number of hydrogen-bond donors (Lipinski definition) is 1. The Labute approximate surface area is 166 Å². The lowest BCUT2D eigenvalue weighted by Crippen LogP contribution is -2.52. The number of amides is 1. The molecule has 1 aromatic rings. The van der Waals surface area contributed by atoms with Crippen LogP contribution < -0.4 is 10.2 Å². The predicted molar refractivity (Wildman–Crippen MR) is 113 cm³/mol. The number of thiophene rings is 1. The topological polar surface area (TPSA) is 54.4 Å². The molecule has 7 nitrogen and oxygen atoms in total. The summed E-state index contributed by atoms with van der Waals surface area (Å²) >= 11 is 1.81. The number of anilines is 1. The normalized spacial score (nSPS) is 19.5. The van der Waals surface area contributed by atoms with Crippen molar-refractivity contribution in [2.45, 2.75) is 13.8 Å². The molecular weight excluding hydrogens is 360 g/mol. The molecule has 2 saturated heterocycles. The average molecular weight is 393 g/mol. The second kappa shape index (κ2) is 9.94. The number of nitrogens with one attached hydrogen (secondary N) is 1. The molecule has 150 valence electrons. The van der Waals surface area contributed by atoms with Crippen molar-refractivity contribution in [1.29, 1.82) is 0 Å². The van der Waals surface area contributed by atoms with Crippen molar-refractivity contribution >= 4 is 28.2 Å². The highest BCUT2D eigenvalue weighted by Gasteiger charge is 2.21. The first-order valence-corrected chi connectivity index (χ1v) is 10.8. The van der Waals surface area contributed by atoms with Crippen LogP contribution in [-0.4, -0.2) is 98.6 Å². The van der Waals surface area contributed by atoms with E-state index in [1.165, 1.54) is 5.00 Å².